The van der Waals surface area contributed by atoms with Gasteiger partial charge in [-0.05, 0) is 70.6 Å². The third-order valence-electron chi connectivity index (χ3n) is 9.26. The van der Waals surface area contributed by atoms with Gasteiger partial charge in [0, 0.05) is 6.42 Å². The molecule has 0 saturated carbocycles. The number of carbonyl (C=O) groups is 1. The minimum Gasteiger partial charge on any atom is -0.394 e. The van der Waals surface area contributed by atoms with Crippen molar-refractivity contribution < 1.29 is 39.8 Å². The maximum absolute atomic E-state index is 12.8. The molecule has 0 aromatic carbocycles. The number of hydrogen-bond acceptors (Lipinski definition) is 8. The predicted octanol–water partition coefficient (Wildman–Crippen LogP) is 7.99. The lowest BCUT2D eigenvalue weighted by molar-refractivity contribution is -0.302. The van der Waals surface area contributed by atoms with E-state index in [4.69, 9.17) is 9.47 Å². The second kappa shape index (κ2) is 34.8. The van der Waals surface area contributed by atoms with Crippen LogP contribution in [0.15, 0.2) is 85.1 Å². The quantitative estimate of drug-likeness (QED) is 0.0299. The molecule has 1 heterocycles. The summed E-state index contributed by atoms with van der Waals surface area (Å²) in [4.78, 5) is 12.8. The van der Waals surface area contributed by atoms with Gasteiger partial charge in [0.1, 0.15) is 24.4 Å². The summed E-state index contributed by atoms with van der Waals surface area (Å²) in [7, 11) is 0. The van der Waals surface area contributed by atoms with Crippen LogP contribution in [0.4, 0.5) is 0 Å². The molecule has 1 fully saturated rings. The summed E-state index contributed by atoms with van der Waals surface area (Å²) in [5, 5.41) is 53.6. The lowest BCUT2D eigenvalue weighted by Gasteiger charge is -2.40. The number of hydrogen-bond donors (Lipinski definition) is 6. The molecule has 0 aromatic heterocycles. The summed E-state index contributed by atoms with van der Waals surface area (Å²) >= 11 is 0. The van der Waals surface area contributed by atoms with Gasteiger partial charge in [0.15, 0.2) is 6.29 Å². The van der Waals surface area contributed by atoms with Crippen molar-refractivity contribution in [1.29, 1.82) is 0 Å². The Bertz CT molecular complexity index is 1110. The molecule has 1 amide bonds. The van der Waals surface area contributed by atoms with Gasteiger partial charge >= 0.3 is 0 Å². The highest BCUT2D eigenvalue weighted by Crippen LogP contribution is 2.22. The van der Waals surface area contributed by atoms with Gasteiger partial charge < -0.3 is 40.3 Å². The van der Waals surface area contributed by atoms with Crippen LogP contribution in [-0.4, -0.2) is 87.5 Å². The molecule has 1 aliphatic heterocycles. The Morgan fingerprint density at radius 1 is 0.648 bits per heavy atom. The standard InChI is InChI=1S/C45H75NO8/c1-3-5-7-9-10-11-12-13-14-15-16-17-18-19-20-21-22-23-24-25-26-27-28-29-30-31-33-35-41(49)46-38(39(48)34-32-8-6-4-2)37-53-45-44(52)43(51)42(50)40(36-47)54-45/h5,7,10-11,13-14,16-17,19-20,22-23,25-26,38-40,42-45,47-48,50-52H,3-4,6,8-9,12,15,18,21,24,27-37H2,1-2H3,(H,46,49)/b7-5-,11-10-,14-13-,17-16-,20-19-,23-22-,26-25-. The number of rotatable bonds is 32. The number of ether oxygens (including phenoxy) is 2. The van der Waals surface area contributed by atoms with Gasteiger partial charge in [-0.3, -0.25) is 4.79 Å². The number of carbonyl (C=O) groups excluding carboxylic acids is 1. The van der Waals surface area contributed by atoms with Crippen molar-refractivity contribution in [2.24, 2.45) is 0 Å². The van der Waals surface area contributed by atoms with Crippen LogP contribution >= 0.6 is 0 Å². The first kappa shape index (κ1) is 49.4. The molecular formula is C45H75NO8. The molecule has 1 rings (SSSR count). The number of aliphatic hydroxyl groups excluding tert-OH is 5. The highest BCUT2D eigenvalue weighted by Gasteiger charge is 2.44. The topological polar surface area (TPSA) is 149 Å². The largest absolute Gasteiger partial charge is 0.394 e. The average molecular weight is 758 g/mol. The zero-order chi connectivity index (χ0) is 39.5. The average Bonchev–Trinajstić information content (AvgIpc) is 3.17. The summed E-state index contributed by atoms with van der Waals surface area (Å²) in [6.07, 6.45) is 40.9. The Balaban J connectivity index is 2.19. The first-order valence-electron chi connectivity index (χ1n) is 20.8. The molecule has 1 saturated heterocycles. The van der Waals surface area contributed by atoms with E-state index in [1.807, 2.05) is 0 Å². The molecule has 0 spiro atoms. The monoisotopic (exact) mass is 758 g/mol. The minimum absolute atomic E-state index is 0.156. The molecule has 9 heteroatoms. The Labute approximate surface area is 327 Å². The maximum Gasteiger partial charge on any atom is 0.220 e. The SMILES string of the molecule is CC/C=C\C/C=C\C/C=C\C/C=C\C/C=C\C/C=C\C/C=C\CCCCCCCC(=O)NC(COC1OC(CO)C(O)C(O)C1O)C(O)CCCCCC. The van der Waals surface area contributed by atoms with E-state index in [0.29, 0.717) is 12.8 Å². The number of amides is 1. The fourth-order valence-corrected chi connectivity index (χ4v) is 5.90. The Hall–Kier alpha value is -2.63. The summed E-state index contributed by atoms with van der Waals surface area (Å²) < 4.78 is 11.1. The molecule has 7 unspecified atom stereocenters. The fraction of sp³-hybridized carbons (Fsp3) is 0.667. The summed E-state index contributed by atoms with van der Waals surface area (Å²) in [6.45, 7) is 3.55. The van der Waals surface area contributed by atoms with E-state index in [0.717, 1.165) is 109 Å². The molecule has 7 atom stereocenters. The Kier molecular flexibility index (Phi) is 31.9. The van der Waals surface area contributed by atoms with Gasteiger partial charge in [-0.15, -0.1) is 0 Å². The van der Waals surface area contributed by atoms with Crippen LogP contribution < -0.4 is 5.32 Å². The Morgan fingerprint density at radius 2 is 1.15 bits per heavy atom. The van der Waals surface area contributed by atoms with Crippen LogP contribution in [0, 0.1) is 0 Å². The zero-order valence-electron chi connectivity index (χ0n) is 33.4. The summed E-state index contributed by atoms with van der Waals surface area (Å²) in [5.41, 5.74) is 0. The maximum atomic E-state index is 12.8. The van der Waals surface area contributed by atoms with E-state index in [-0.39, 0.29) is 12.5 Å². The first-order chi connectivity index (χ1) is 26.3. The molecule has 0 radical (unpaired) electrons. The number of allylic oxidation sites excluding steroid dienone is 14. The molecular weight excluding hydrogens is 682 g/mol. The van der Waals surface area contributed by atoms with E-state index in [2.05, 4.69) is 104 Å². The third-order valence-corrected chi connectivity index (χ3v) is 9.26. The number of aliphatic hydroxyl groups is 5. The smallest absolute Gasteiger partial charge is 0.220 e. The molecule has 6 N–H and O–H groups in total. The van der Waals surface area contributed by atoms with Crippen molar-refractivity contribution in [2.45, 2.75) is 179 Å². The molecule has 9 nitrogen and oxygen atoms in total. The molecule has 54 heavy (non-hydrogen) atoms. The van der Waals surface area contributed by atoms with Crippen molar-refractivity contribution in [2.75, 3.05) is 13.2 Å². The second-order valence-electron chi connectivity index (χ2n) is 14.1. The lowest BCUT2D eigenvalue weighted by atomic mass is 9.99. The van der Waals surface area contributed by atoms with Gasteiger partial charge in [-0.25, -0.2) is 0 Å². The van der Waals surface area contributed by atoms with E-state index < -0.39 is 49.5 Å². The number of unbranched alkanes of at least 4 members (excludes halogenated alkanes) is 8. The molecule has 0 aromatic rings. The summed E-state index contributed by atoms with van der Waals surface area (Å²) in [5.74, 6) is -0.178. The molecule has 308 valence electrons. The van der Waals surface area contributed by atoms with Crippen molar-refractivity contribution in [1.82, 2.24) is 5.32 Å². The minimum atomic E-state index is -1.56. The lowest BCUT2D eigenvalue weighted by Crippen LogP contribution is -2.60. The molecule has 0 bridgehead atoms. The predicted molar refractivity (Wildman–Crippen MR) is 221 cm³/mol. The van der Waals surface area contributed by atoms with Crippen molar-refractivity contribution in [3.8, 4) is 0 Å². The number of nitrogens with one attached hydrogen (secondary N) is 1. The Morgan fingerprint density at radius 3 is 1.69 bits per heavy atom. The fourth-order valence-electron chi connectivity index (χ4n) is 5.90. The van der Waals surface area contributed by atoms with Crippen molar-refractivity contribution in [3.63, 3.8) is 0 Å². The van der Waals surface area contributed by atoms with Gasteiger partial charge in [0.2, 0.25) is 5.91 Å². The normalized spacial score (nSPS) is 22.4. The van der Waals surface area contributed by atoms with E-state index in [9.17, 15) is 30.3 Å². The van der Waals surface area contributed by atoms with Gasteiger partial charge in [-0.1, -0.05) is 144 Å². The van der Waals surface area contributed by atoms with E-state index in [1.165, 1.54) is 0 Å². The van der Waals surface area contributed by atoms with Gasteiger partial charge in [0.05, 0.1) is 25.4 Å². The van der Waals surface area contributed by atoms with Gasteiger partial charge in [-0.2, -0.15) is 0 Å². The highest BCUT2D eigenvalue weighted by atomic mass is 16.7. The van der Waals surface area contributed by atoms with E-state index >= 15 is 0 Å². The van der Waals surface area contributed by atoms with Crippen LogP contribution in [0.2, 0.25) is 0 Å². The molecule has 1 aliphatic rings. The zero-order valence-corrected chi connectivity index (χ0v) is 33.4. The van der Waals surface area contributed by atoms with Crippen LogP contribution in [0.1, 0.15) is 136 Å². The highest BCUT2D eigenvalue weighted by molar-refractivity contribution is 5.76. The van der Waals surface area contributed by atoms with Gasteiger partial charge in [0.25, 0.3) is 0 Å². The van der Waals surface area contributed by atoms with Crippen LogP contribution in [0.5, 0.6) is 0 Å². The van der Waals surface area contributed by atoms with Crippen LogP contribution in [0.25, 0.3) is 0 Å². The van der Waals surface area contributed by atoms with Crippen molar-refractivity contribution in [3.05, 3.63) is 85.1 Å². The van der Waals surface area contributed by atoms with Crippen LogP contribution in [-0.2, 0) is 14.3 Å². The third kappa shape index (κ3) is 25.4. The summed E-state index contributed by atoms with van der Waals surface area (Å²) in [6, 6.07) is -0.730. The van der Waals surface area contributed by atoms with Crippen molar-refractivity contribution >= 4 is 5.91 Å². The second-order valence-corrected chi connectivity index (χ2v) is 14.1. The first-order valence-corrected chi connectivity index (χ1v) is 20.8. The molecule has 0 aliphatic carbocycles. The van der Waals surface area contributed by atoms with Crippen LogP contribution in [0.3, 0.4) is 0 Å². The van der Waals surface area contributed by atoms with E-state index in [1.54, 1.807) is 0 Å².